The number of carbonyl (C=O) groups excluding carboxylic acids is 1. The summed E-state index contributed by atoms with van der Waals surface area (Å²) in [5.41, 5.74) is 6.92. The number of anilines is 2. The lowest BCUT2D eigenvalue weighted by Gasteiger charge is -2.14. The van der Waals surface area contributed by atoms with E-state index in [0.29, 0.717) is 22.8 Å². The number of amides is 1. The van der Waals surface area contributed by atoms with Gasteiger partial charge in [-0.1, -0.05) is 11.6 Å². The number of likely N-dealkylation sites (tertiary alicyclic amines) is 1. The Labute approximate surface area is 118 Å². The molecule has 1 aromatic rings. The molecule has 104 valence electrons. The number of nitrogens with one attached hydrogen (secondary N) is 1. The molecule has 19 heavy (non-hydrogen) atoms. The molecule has 1 aromatic carbocycles. The molecule has 0 aromatic heterocycles. The van der Waals surface area contributed by atoms with Crippen molar-refractivity contribution in [3.63, 3.8) is 0 Å². The minimum atomic E-state index is -0.00633. The molecule has 0 radical (unpaired) electrons. The highest BCUT2D eigenvalue weighted by Crippen LogP contribution is 2.23. The van der Waals surface area contributed by atoms with Crippen molar-refractivity contribution in [3.8, 4) is 0 Å². The predicted octanol–water partition coefficient (Wildman–Crippen LogP) is 2.74. The molecule has 2 rings (SSSR count). The molecule has 0 bridgehead atoms. The van der Waals surface area contributed by atoms with Crippen LogP contribution in [0.4, 0.5) is 11.4 Å². The molecular formula is C14H20ClN3O. The van der Waals surface area contributed by atoms with Crippen LogP contribution in [0.2, 0.25) is 5.02 Å². The summed E-state index contributed by atoms with van der Waals surface area (Å²) >= 11 is 5.88. The van der Waals surface area contributed by atoms with E-state index in [-0.39, 0.29) is 5.91 Å². The van der Waals surface area contributed by atoms with Gasteiger partial charge in [-0.15, -0.1) is 0 Å². The monoisotopic (exact) mass is 281 g/mol. The van der Waals surface area contributed by atoms with Gasteiger partial charge in [-0.2, -0.15) is 0 Å². The third-order valence-corrected chi connectivity index (χ3v) is 3.60. The summed E-state index contributed by atoms with van der Waals surface area (Å²) in [7, 11) is 0. The number of nitrogens with zero attached hydrogens (tertiary/aromatic N) is 1. The SMILES string of the molecule is Nc1ccc(Cl)cc1NC(=O)CCCN1CCCC1. The van der Waals surface area contributed by atoms with Gasteiger partial charge < -0.3 is 16.0 Å². The van der Waals surface area contributed by atoms with E-state index >= 15 is 0 Å². The summed E-state index contributed by atoms with van der Waals surface area (Å²) in [5.74, 6) is -0.00633. The second kappa shape index (κ2) is 6.78. The Hall–Kier alpha value is -1.26. The molecule has 1 aliphatic heterocycles. The maximum atomic E-state index is 11.8. The van der Waals surface area contributed by atoms with Gasteiger partial charge in [0.1, 0.15) is 0 Å². The maximum Gasteiger partial charge on any atom is 0.224 e. The molecule has 1 heterocycles. The molecule has 1 saturated heterocycles. The lowest BCUT2D eigenvalue weighted by molar-refractivity contribution is -0.116. The van der Waals surface area contributed by atoms with Gasteiger partial charge in [0.05, 0.1) is 11.4 Å². The van der Waals surface area contributed by atoms with Crippen molar-refractivity contribution in [2.24, 2.45) is 0 Å². The molecule has 3 N–H and O–H groups in total. The first-order chi connectivity index (χ1) is 9.15. The fourth-order valence-electron chi connectivity index (χ4n) is 2.32. The second-order valence-corrected chi connectivity index (χ2v) is 5.37. The smallest absolute Gasteiger partial charge is 0.224 e. The van der Waals surface area contributed by atoms with Crippen LogP contribution in [0.3, 0.4) is 0 Å². The highest BCUT2D eigenvalue weighted by molar-refractivity contribution is 6.31. The van der Waals surface area contributed by atoms with Crippen LogP contribution in [-0.4, -0.2) is 30.4 Å². The van der Waals surface area contributed by atoms with Gasteiger partial charge in [0.2, 0.25) is 5.91 Å². The highest BCUT2D eigenvalue weighted by Gasteiger charge is 2.12. The molecule has 5 heteroatoms. The van der Waals surface area contributed by atoms with Crippen LogP contribution < -0.4 is 11.1 Å². The van der Waals surface area contributed by atoms with Gasteiger partial charge in [0, 0.05) is 11.4 Å². The third-order valence-electron chi connectivity index (χ3n) is 3.37. The molecule has 4 nitrogen and oxygen atoms in total. The van der Waals surface area contributed by atoms with E-state index in [1.165, 1.54) is 25.9 Å². The third kappa shape index (κ3) is 4.40. The Morgan fingerprint density at radius 1 is 1.37 bits per heavy atom. The van der Waals surface area contributed by atoms with Crippen molar-refractivity contribution >= 4 is 28.9 Å². The van der Waals surface area contributed by atoms with E-state index in [1.807, 2.05) is 0 Å². The Balaban J connectivity index is 1.75. The molecule has 1 fully saturated rings. The van der Waals surface area contributed by atoms with Crippen LogP contribution in [0, 0.1) is 0 Å². The van der Waals surface area contributed by atoms with Crippen LogP contribution in [0.1, 0.15) is 25.7 Å². The first-order valence-electron chi connectivity index (χ1n) is 6.72. The molecule has 1 amide bonds. The quantitative estimate of drug-likeness (QED) is 0.816. The number of benzene rings is 1. The summed E-state index contributed by atoms with van der Waals surface area (Å²) in [5, 5.41) is 3.38. The zero-order valence-electron chi connectivity index (χ0n) is 11.0. The minimum Gasteiger partial charge on any atom is -0.397 e. The summed E-state index contributed by atoms with van der Waals surface area (Å²) in [6.07, 6.45) is 3.96. The number of nitrogens with two attached hydrogens (primary N) is 1. The summed E-state index contributed by atoms with van der Waals surface area (Å²) < 4.78 is 0. The van der Waals surface area contributed by atoms with E-state index in [1.54, 1.807) is 18.2 Å². The zero-order chi connectivity index (χ0) is 13.7. The van der Waals surface area contributed by atoms with Gasteiger partial charge in [0.25, 0.3) is 0 Å². The number of halogens is 1. The summed E-state index contributed by atoms with van der Waals surface area (Å²) in [6.45, 7) is 3.34. The fourth-order valence-corrected chi connectivity index (χ4v) is 2.49. The normalized spacial score (nSPS) is 15.6. The predicted molar refractivity (Wildman–Crippen MR) is 79.4 cm³/mol. The Morgan fingerprint density at radius 2 is 2.11 bits per heavy atom. The largest absolute Gasteiger partial charge is 0.397 e. The molecule has 0 saturated carbocycles. The fraction of sp³-hybridized carbons (Fsp3) is 0.500. The van der Waals surface area contributed by atoms with Crippen LogP contribution in [0.5, 0.6) is 0 Å². The van der Waals surface area contributed by atoms with Crippen LogP contribution in [-0.2, 0) is 4.79 Å². The van der Waals surface area contributed by atoms with Gasteiger partial charge in [0.15, 0.2) is 0 Å². The number of carbonyl (C=O) groups is 1. The Kier molecular flexibility index (Phi) is 5.05. The van der Waals surface area contributed by atoms with Crippen molar-refractivity contribution in [1.82, 2.24) is 4.90 Å². The van der Waals surface area contributed by atoms with E-state index < -0.39 is 0 Å². The first-order valence-corrected chi connectivity index (χ1v) is 7.10. The number of hydrogen-bond donors (Lipinski definition) is 2. The summed E-state index contributed by atoms with van der Waals surface area (Å²) in [4.78, 5) is 14.2. The number of rotatable bonds is 5. The lowest BCUT2D eigenvalue weighted by atomic mass is 10.2. The first kappa shape index (κ1) is 14.2. The number of nitrogen functional groups attached to an aromatic ring is 1. The van der Waals surface area contributed by atoms with Gasteiger partial charge in [-0.05, 0) is 57.1 Å². The lowest BCUT2D eigenvalue weighted by Crippen LogP contribution is -2.22. The topological polar surface area (TPSA) is 58.4 Å². The average Bonchev–Trinajstić information content (AvgIpc) is 2.87. The summed E-state index contributed by atoms with van der Waals surface area (Å²) in [6, 6.07) is 5.08. The van der Waals surface area contributed by atoms with Crippen molar-refractivity contribution in [3.05, 3.63) is 23.2 Å². The average molecular weight is 282 g/mol. The van der Waals surface area contributed by atoms with E-state index in [2.05, 4.69) is 10.2 Å². The Morgan fingerprint density at radius 3 is 2.84 bits per heavy atom. The van der Waals surface area contributed by atoms with Crippen LogP contribution >= 0.6 is 11.6 Å². The maximum absolute atomic E-state index is 11.8. The standard InChI is InChI=1S/C14H20ClN3O/c15-11-5-6-12(16)13(10-11)17-14(19)4-3-9-18-7-1-2-8-18/h5-6,10H,1-4,7-9,16H2,(H,17,19). The Bertz CT molecular complexity index is 444. The molecule has 0 atom stereocenters. The van der Waals surface area contributed by atoms with Crippen molar-refractivity contribution < 1.29 is 4.79 Å². The molecule has 0 aliphatic carbocycles. The van der Waals surface area contributed by atoms with Gasteiger partial charge in [-0.25, -0.2) is 0 Å². The number of hydrogen-bond acceptors (Lipinski definition) is 3. The molecule has 0 unspecified atom stereocenters. The van der Waals surface area contributed by atoms with Crippen molar-refractivity contribution in [1.29, 1.82) is 0 Å². The second-order valence-electron chi connectivity index (χ2n) is 4.93. The van der Waals surface area contributed by atoms with Crippen LogP contribution in [0.25, 0.3) is 0 Å². The molecule has 1 aliphatic rings. The van der Waals surface area contributed by atoms with Crippen molar-refractivity contribution in [2.45, 2.75) is 25.7 Å². The highest BCUT2D eigenvalue weighted by atomic mass is 35.5. The molecular weight excluding hydrogens is 262 g/mol. The van der Waals surface area contributed by atoms with E-state index in [9.17, 15) is 4.79 Å². The van der Waals surface area contributed by atoms with Gasteiger partial charge in [-0.3, -0.25) is 4.79 Å². The van der Waals surface area contributed by atoms with E-state index in [0.717, 1.165) is 13.0 Å². The zero-order valence-corrected chi connectivity index (χ0v) is 11.7. The minimum absolute atomic E-state index is 0.00633. The van der Waals surface area contributed by atoms with Crippen LogP contribution in [0.15, 0.2) is 18.2 Å². The van der Waals surface area contributed by atoms with E-state index in [4.69, 9.17) is 17.3 Å². The van der Waals surface area contributed by atoms with Crippen molar-refractivity contribution in [2.75, 3.05) is 30.7 Å². The van der Waals surface area contributed by atoms with Gasteiger partial charge >= 0.3 is 0 Å². The molecule has 0 spiro atoms.